The zero-order valence-electron chi connectivity index (χ0n) is 18.3. The molecule has 3 aromatic rings. The van der Waals surface area contributed by atoms with Gasteiger partial charge in [0.05, 0.1) is 12.0 Å². The van der Waals surface area contributed by atoms with Gasteiger partial charge in [-0.2, -0.15) is 0 Å². The van der Waals surface area contributed by atoms with Gasteiger partial charge in [-0.1, -0.05) is 12.1 Å². The summed E-state index contributed by atoms with van der Waals surface area (Å²) in [6, 6.07) is 16.6. The van der Waals surface area contributed by atoms with Crippen LogP contribution < -0.4 is 10.1 Å². The second kappa shape index (κ2) is 9.30. The van der Waals surface area contributed by atoms with Gasteiger partial charge in [-0.3, -0.25) is 0 Å². The van der Waals surface area contributed by atoms with Crippen molar-refractivity contribution in [1.29, 1.82) is 0 Å². The van der Waals surface area contributed by atoms with Crippen molar-refractivity contribution in [3.63, 3.8) is 0 Å². The second-order valence-corrected chi connectivity index (χ2v) is 10.0. The van der Waals surface area contributed by atoms with E-state index in [4.69, 9.17) is 4.74 Å². The van der Waals surface area contributed by atoms with Crippen LogP contribution in [0.4, 0.5) is 10.1 Å². The Kier molecular flexibility index (Phi) is 6.48. The van der Waals surface area contributed by atoms with E-state index in [9.17, 15) is 12.8 Å². The number of nitrogens with zero attached hydrogens (tertiary/aromatic N) is 1. The summed E-state index contributed by atoms with van der Waals surface area (Å²) in [4.78, 5) is 2.67. The van der Waals surface area contributed by atoms with Gasteiger partial charge in [0.25, 0.3) is 0 Å². The molecule has 1 aliphatic heterocycles. The lowest BCUT2D eigenvalue weighted by Crippen LogP contribution is -2.20. The molecular formula is C25H27FN2O3S. The predicted octanol–water partition coefficient (Wildman–Crippen LogP) is 4.31. The third kappa shape index (κ3) is 4.79. The number of anilines is 1. The molecule has 0 atom stereocenters. The molecule has 0 saturated heterocycles. The quantitative estimate of drug-likeness (QED) is 0.602. The van der Waals surface area contributed by atoms with E-state index < -0.39 is 9.84 Å². The third-order valence-corrected chi connectivity index (χ3v) is 7.67. The highest BCUT2D eigenvalue weighted by Gasteiger charge is 2.25. The number of likely N-dealkylation sites (N-methyl/N-ethyl adjacent to an activating group) is 1. The fourth-order valence-corrected chi connectivity index (χ4v) is 5.35. The van der Waals surface area contributed by atoms with Crippen LogP contribution in [0.1, 0.15) is 16.7 Å². The summed E-state index contributed by atoms with van der Waals surface area (Å²) in [7, 11) is -0.156. The Balaban J connectivity index is 1.57. The van der Waals surface area contributed by atoms with E-state index in [1.165, 1.54) is 19.2 Å². The summed E-state index contributed by atoms with van der Waals surface area (Å²) in [5.41, 5.74) is 3.92. The number of rotatable bonds is 6. The zero-order valence-corrected chi connectivity index (χ0v) is 19.1. The van der Waals surface area contributed by atoms with E-state index >= 15 is 0 Å². The standard InChI is InChI=1S/C25H27FN2O3S/c1-28-13-11-19-15-24(31-2)25(16-20(19)12-14-28)32(29,30)23-9-7-22(8-10-23)27-17-18-3-5-21(26)6-4-18/h3-10,15-16,27H,11-14,17H2,1-2H3. The molecule has 32 heavy (non-hydrogen) atoms. The molecule has 7 heteroatoms. The van der Waals surface area contributed by atoms with Gasteiger partial charge in [-0.15, -0.1) is 0 Å². The molecule has 0 radical (unpaired) electrons. The summed E-state index contributed by atoms with van der Waals surface area (Å²) in [5, 5.41) is 3.23. The molecule has 0 saturated carbocycles. The van der Waals surface area contributed by atoms with Gasteiger partial charge in [0.2, 0.25) is 9.84 Å². The molecule has 0 unspecified atom stereocenters. The Morgan fingerprint density at radius 2 is 1.59 bits per heavy atom. The summed E-state index contributed by atoms with van der Waals surface area (Å²) >= 11 is 0. The average molecular weight is 455 g/mol. The van der Waals surface area contributed by atoms with Crippen LogP contribution in [-0.2, 0) is 29.2 Å². The van der Waals surface area contributed by atoms with Crippen molar-refractivity contribution in [2.45, 2.75) is 29.2 Å². The highest BCUT2D eigenvalue weighted by Crippen LogP contribution is 2.34. The first-order chi connectivity index (χ1) is 15.4. The Morgan fingerprint density at radius 3 is 2.22 bits per heavy atom. The molecule has 0 bridgehead atoms. The maximum Gasteiger partial charge on any atom is 0.210 e. The van der Waals surface area contributed by atoms with Crippen LogP contribution in [0.15, 0.2) is 70.5 Å². The minimum atomic E-state index is -3.74. The normalized spacial score (nSPS) is 14.5. The van der Waals surface area contributed by atoms with E-state index in [2.05, 4.69) is 17.3 Å². The Hall–Kier alpha value is -2.90. The van der Waals surface area contributed by atoms with Crippen LogP contribution in [-0.4, -0.2) is 40.6 Å². The van der Waals surface area contributed by atoms with Crippen molar-refractivity contribution in [3.8, 4) is 5.75 Å². The first-order valence-corrected chi connectivity index (χ1v) is 12.1. The van der Waals surface area contributed by atoms with Crippen molar-refractivity contribution in [1.82, 2.24) is 4.90 Å². The minimum Gasteiger partial charge on any atom is -0.495 e. The Bertz CT molecular complexity index is 1190. The molecule has 3 aromatic carbocycles. The van der Waals surface area contributed by atoms with Crippen molar-refractivity contribution < 1.29 is 17.5 Å². The molecule has 1 heterocycles. The summed E-state index contributed by atoms with van der Waals surface area (Å²) in [6.45, 7) is 2.35. The summed E-state index contributed by atoms with van der Waals surface area (Å²) in [5.74, 6) is 0.107. The molecule has 1 aliphatic rings. The number of halogens is 1. The van der Waals surface area contributed by atoms with Crippen LogP contribution in [0.2, 0.25) is 0 Å². The lowest BCUT2D eigenvalue weighted by Gasteiger charge is -2.15. The molecule has 4 rings (SSSR count). The van der Waals surface area contributed by atoms with Crippen LogP contribution in [0, 0.1) is 5.82 Å². The lowest BCUT2D eigenvalue weighted by atomic mass is 10.0. The molecule has 0 spiro atoms. The third-order valence-electron chi connectivity index (χ3n) is 5.88. The van der Waals surface area contributed by atoms with Crippen molar-refractivity contribution in [2.24, 2.45) is 0 Å². The molecule has 168 valence electrons. The highest BCUT2D eigenvalue weighted by atomic mass is 32.2. The number of methoxy groups -OCH3 is 1. The highest BCUT2D eigenvalue weighted by molar-refractivity contribution is 7.91. The fourth-order valence-electron chi connectivity index (χ4n) is 3.90. The Morgan fingerprint density at radius 1 is 0.969 bits per heavy atom. The second-order valence-electron chi connectivity index (χ2n) is 8.08. The van der Waals surface area contributed by atoms with E-state index in [1.54, 1.807) is 42.5 Å². The van der Waals surface area contributed by atoms with Crippen LogP contribution in [0.25, 0.3) is 0 Å². The number of ether oxygens (including phenoxy) is 1. The van der Waals surface area contributed by atoms with E-state index in [0.29, 0.717) is 12.3 Å². The number of sulfone groups is 1. The number of hydrogen-bond acceptors (Lipinski definition) is 5. The van der Waals surface area contributed by atoms with Gasteiger partial charge >= 0.3 is 0 Å². The molecule has 0 fully saturated rings. The van der Waals surface area contributed by atoms with E-state index in [0.717, 1.165) is 48.3 Å². The maximum atomic E-state index is 13.4. The number of hydrogen-bond donors (Lipinski definition) is 1. The minimum absolute atomic E-state index is 0.204. The fraction of sp³-hybridized carbons (Fsp3) is 0.280. The molecular weight excluding hydrogens is 427 g/mol. The zero-order chi connectivity index (χ0) is 22.7. The van der Waals surface area contributed by atoms with Crippen molar-refractivity contribution >= 4 is 15.5 Å². The van der Waals surface area contributed by atoms with Crippen LogP contribution in [0.5, 0.6) is 5.75 Å². The number of nitrogens with one attached hydrogen (secondary N) is 1. The van der Waals surface area contributed by atoms with E-state index in [-0.39, 0.29) is 15.6 Å². The first-order valence-electron chi connectivity index (χ1n) is 10.6. The van der Waals surface area contributed by atoms with Crippen molar-refractivity contribution in [2.75, 3.05) is 32.6 Å². The summed E-state index contributed by atoms with van der Waals surface area (Å²) in [6.07, 6.45) is 1.68. The molecule has 1 N–H and O–H groups in total. The van der Waals surface area contributed by atoms with Gasteiger partial charge in [0.15, 0.2) is 0 Å². The van der Waals surface area contributed by atoms with Gasteiger partial charge in [0.1, 0.15) is 16.5 Å². The number of fused-ring (bicyclic) bond motifs is 1. The molecule has 5 nitrogen and oxygen atoms in total. The summed E-state index contributed by atoms with van der Waals surface area (Å²) < 4.78 is 45.4. The number of benzene rings is 3. The predicted molar refractivity (Wildman–Crippen MR) is 124 cm³/mol. The largest absolute Gasteiger partial charge is 0.495 e. The van der Waals surface area contributed by atoms with Crippen LogP contribution >= 0.6 is 0 Å². The first kappa shape index (κ1) is 22.3. The smallest absolute Gasteiger partial charge is 0.210 e. The van der Waals surface area contributed by atoms with E-state index in [1.807, 2.05) is 6.07 Å². The monoisotopic (exact) mass is 454 g/mol. The van der Waals surface area contributed by atoms with Gasteiger partial charge in [-0.25, -0.2) is 12.8 Å². The van der Waals surface area contributed by atoms with Gasteiger partial charge < -0.3 is 15.0 Å². The topological polar surface area (TPSA) is 58.6 Å². The maximum absolute atomic E-state index is 13.4. The van der Waals surface area contributed by atoms with Crippen LogP contribution in [0.3, 0.4) is 0 Å². The van der Waals surface area contributed by atoms with Crippen molar-refractivity contribution in [3.05, 3.63) is 83.2 Å². The molecule has 0 aromatic heterocycles. The molecule has 0 amide bonds. The SMILES string of the molecule is COc1cc2c(cc1S(=O)(=O)c1ccc(NCc3ccc(F)cc3)cc1)CCN(C)CC2. The van der Waals surface area contributed by atoms with Gasteiger partial charge in [0, 0.05) is 25.3 Å². The van der Waals surface area contributed by atoms with Gasteiger partial charge in [-0.05, 0) is 85.1 Å². The average Bonchev–Trinajstić information content (AvgIpc) is 2.99. The molecule has 0 aliphatic carbocycles. The lowest BCUT2D eigenvalue weighted by molar-refractivity contribution is 0.352. The Labute approximate surface area is 188 Å².